The maximum atomic E-state index is 5.53. The molecule has 3 heteroatoms. The molecule has 1 fully saturated rings. The largest absolute Gasteiger partial charge is 0.467 e. The first-order valence-electron chi connectivity index (χ1n) is 7.35. The molecule has 1 aromatic carbocycles. The fourth-order valence-electron chi connectivity index (χ4n) is 2.64. The molecule has 3 rings (SSSR count). The highest BCUT2D eigenvalue weighted by Crippen LogP contribution is 2.36. The average molecular weight is 270 g/mol. The van der Waals surface area contributed by atoms with Crippen LogP contribution in [-0.2, 0) is 6.54 Å². The predicted molar refractivity (Wildman–Crippen MR) is 81.8 cm³/mol. The number of benzene rings is 1. The summed E-state index contributed by atoms with van der Waals surface area (Å²) in [6.45, 7) is 3.06. The zero-order valence-electron chi connectivity index (χ0n) is 12.2. The summed E-state index contributed by atoms with van der Waals surface area (Å²) in [5, 5.41) is 3.34. The van der Waals surface area contributed by atoms with E-state index in [0.717, 1.165) is 12.3 Å². The van der Waals surface area contributed by atoms with Crippen LogP contribution in [0.25, 0.3) is 0 Å². The van der Waals surface area contributed by atoms with Crippen LogP contribution in [0.5, 0.6) is 0 Å². The molecule has 0 spiro atoms. The van der Waals surface area contributed by atoms with Crippen LogP contribution in [0.4, 0.5) is 5.69 Å². The van der Waals surface area contributed by atoms with Crippen LogP contribution in [0.2, 0.25) is 0 Å². The average Bonchev–Trinajstić information content (AvgIpc) is 3.20. The molecule has 0 bridgehead atoms. The molecular formula is C17H22N2O. The maximum Gasteiger partial charge on any atom is 0.123 e. The lowest BCUT2D eigenvalue weighted by molar-refractivity contribution is 0.500. The van der Waals surface area contributed by atoms with Crippen molar-refractivity contribution in [2.45, 2.75) is 38.4 Å². The van der Waals surface area contributed by atoms with Gasteiger partial charge in [-0.05, 0) is 50.6 Å². The Hall–Kier alpha value is -1.74. The third kappa shape index (κ3) is 2.73. The lowest BCUT2D eigenvalue weighted by Crippen LogP contribution is -2.27. The van der Waals surface area contributed by atoms with E-state index in [1.807, 2.05) is 13.1 Å². The van der Waals surface area contributed by atoms with Gasteiger partial charge in [-0.2, -0.15) is 0 Å². The van der Waals surface area contributed by atoms with Gasteiger partial charge in [-0.15, -0.1) is 0 Å². The molecule has 1 aliphatic carbocycles. The second-order valence-electron chi connectivity index (χ2n) is 5.51. The van der Waals surface area contributed by atoms with E-state index >= 15 is 0 Å². The zero-order chi connectivity index (χ0) is 13.9. The van der Waals surface area contributed by atoms with E-state index in [-0.39, 0.29) is 0 Å². The number of nitrogens with zero attached hydrogens (tertiary/aromatic N) is 1. The molecule has 1 atom stereocenters. The molecule has 20 heavy (non-hydrogen) atoms. The van der Waals surface area contributed by atoms with E-state index in [0.29, 0.717) is 12.1 Å². The Morgan fingerprint density at radius 3 is 2.70 bits per heavy atom. The van der Waals surface area contributed by atoms with Gasteiger partial charge in [0.2, 0.25) is 0 Å². The van der Waals surface area contributed by atoms with E-state index in [2.05, 4.69) is 47.5 Å². The van der Waals surface area contributed by atoms with Gasteiger partial charge in [0.25, 0.3) is 0 Å². The van der Waals surface area contributed by atoms with Crippen LogP contribution >= 0.6 is 0 Å². The fraction of sp³-hybridized carbons (Fsp3) is 0.412. The van der Waals surface area contributed by atoms with Crippen molar-refractivity contribution in [2.75, 3.05) is 11.9 Å². The first-order chi connectivity index (χ1) is 9.79. The second kappa shape index (κ2) is 5.71. The normalized spacial score (nSPS) is 16.1. The Morgan fingerprint density at radius 1 is 1.25 bits per heavy atom. The quantitative estimate of drug-likeness (QED) is 0.867. The van der Waals surface area contributed by atoms with E-state index in [1.165, 1.54) is 24.1 Å². The van der Waals surface area contributed by atoms with Gasteiger partial charge in [-0.3, -0.25) is 0 Å². The number of hydrogen-bond donors (Lipinski definition) is 1. The van der Waals surface area contributed by atoms with E-state index in [4.69, 9.17) is 4.42 Å². The highest BCUT2D eigenvalue weighted by molar-refractivity contribution is 5.56. The van der Waals surface area contributed by atoms with Crippen LogP contribution in [0.1, 0.15) is 37.1 Å². The molecule has 1 heterocycles. The smallest absolute Gasteiger partial charge is 0.123 e. The Kier molecular flexibility index (Phi) is 3.79. The Balaban J connectivity index is 1.91. The molecular weight excluding hydrogens is 248 g/mol. The van der Waals surface area contributed by atoms with Crippen molar-refractivity contribution in [1.29, 1.82) is 0 Å². The molecule has 0 amide bonds. The predicted octanol–water partition coefficient (Wildman–Crippen LogP) is 3.73. The minimum atomic E-state index is 0.351. The SMILES string of the molecule is CNC(C)c1ccccc1N(Cc1ccco1)C1CC1. The molecule has 1 aromatic heterocycles. The monoisotopic (exact) mass is 270 g/mol. The van der Waals surface area contributed by atoms with Gasteiger partial charge in [-0.25, -0.2) is 0 Å². The van der Waals surface area contributed by atoms with Crippen LogP contribution < -0.4 is 10.2 Å². The first kappa shape index (κ1) is 13.3. The summed E-state index contributed by atoms with van der Waals surface area (Å²) in [7, 11) is 2.01. The van der Waals surface area contributed by atoms with Crippen molar-refractivity contribution in [2.24, 2.45) is 0 Å². The Bertz CT molecular complexity index is 546. The minimum absolute atomic E-state index is 0.351. The fourth-order valence-corrected chi connectivity index (χ4v) is 2.64. The first-order valence-corrected chi connectivity index (χ1v) is 7.35. The highest BCUT2D eigenvalue weighted by Gasteiger charge is 2.31. The zero-order valence-corrected chi connectivity index (χ0v) is 12.2. The van der Waals surface area contributed by atoms with Gasteiger partial charge >= 0.3 is 0 Å². The Labute approximate surface area is 120 Å². The van der Waals surface area contributed by atoms with Crippen molar-refractivity contribution in [3.05, 3.63) is 54.0 Å². The highest BCUT2D eigenvalue weighted by atomic mass is 16.3. The molecule has 1 aliphatic rings. The second-order valence-corrected chi connectivity index (χ2v) is 5.51. The van der Waals surface area contributed by atoms with Crippen molar-refractivity contribution in [3.8, 4) is 0 Å². The maximum absolute atomic E-state index is 5.53. The molecule has 106 valence electrons. The van der Waals surface area contributed by atoms with Crippen LogP contribution in [0.15, 0.2) is 47.1 Å². The molecule has 1 unspecified atom stereocenters. The third-order valence-corrected chi connectivity index (χ3v) is 4.04. The number of hydrogen-bond acceptors (Lipinski definition) is 3. The van der Waals surface area contributed by atoms with E-state index in [9.17, 15) is 0 Å². The van der Waals surface area contributed by atoms with Crippen LogP contribution in [-0.4, -0.2) is 13.1 Å². The number of rotatable bonds is 6. The summed E-state index contributed by atoms with van der Waals surface area (Å²) in [5.74, 6) is 1.03. The van der Waals surface area contributed by atoms with Crippen molar-refractivity contribution in [1.82, 2.24) is 5.32 Å². The summed E-state index contributed by atoms with van der Waals surface area (Å²) in [6.07, 6.45) is 4.31. The third-order valence-electron chi connectivity index (χ3n) is 4.04. The summed E-state index contributed by atoms with van der Waals surface area (Å²) < 4.78 is 5.53. The molecule has 2 aromatic rings. The van der Waals surface area contributed by atoms with Crippen LogP contribution in [0.3, 0.4) is 0 Å². The van der Waals surface area contributed by atoms with Gasteiger partial charge < -0.3 is 14.6 Å². The number of furan rings is 1. The van der Waals surface area contributed by atoms with E-state index in [1.54, 1.807) is 6.26 Å². The lowest BCUT2D eigenvalue weighted by atomic mass is 10.0. The van der Waals surface area contributed by atoms with Gasteiger partial charge in [0.05, 0.1) is 12.8 Å². The van der Waals surface area contributed by atoms with Crippen molar-refractivity contribution < 1.29 is 4.42 Å². The Morgan fingerprint density at radius 2 is 2.05 bits per heavy atom. The summed E-state index contributed by atoms with van der Waals surface area (Å²) >= 11 is 0. The van der Waals surface area contributed by atoms with Gasteiger partial charge in [0, 0.05) is 17.8 Å². The topological polar surface area (TPSA) is 28.4 Å². The molecule has 0 radical (unpaired) electrons. The number of para-hydroxylation sites is 1. The summed E-state index contributed by atoms with van der Waals surface area (Å²) in [5.41, 5.74) is 2.68. The summed E-state index contributed by atoms with van der Waals surface area (Å²) in [4.78, 5) is 2.49. The van der Waals surface area contributed by atoms with Gasteiger partial charge in [0.15, 0.2) is 0 Å². The van der Waals surface area contributed by atoms with Gasteiger partial charge in [-0.1, -0.05) is 18.2 Å². The molecule has 3 nitrogen and oxygen atoms in total. The summed E-state index contributed by atoms with van der Waals surface area (Å²) in [6, 6.07) is 13.7. The van der Waals surface area contributed by atoms with Gasteiger partial charge in [0.1, 0.15) is 5.76 Å². The molecule has 0 saturated heterocycles. The number of nitrogens with one attached hydrogen (secondary N) is 1. The molecule has 0 aliphatic heterocycles. The van der Waals surface area contributed by atoms with Crippen molar-refractivity contribution >= 4 is 5.69 Å². The number of anilines is 1. The standard InChI is InChI=1S/C17H22N2O/c1-13(18-2)16-7-3-4-8-17(16)19(14-9-10-14)12-15-6-5-11-20-15/h3-8,11,13-14,18H,9-10,12H2,1-2H3. The van der Waals surface area contributed by atoms with Crippen molar-refractivity contribution in [3.63, 3.8) is 0 Å². The lowest BCUT2D eigenvalue weighted by Gasteiger charge is -2.28. The van der Waals surface area contributed by atoms with E-state index < -0.39 is 0 Å². The molecule has 1 N–H and O–H groups in total. The minimum Gasteiger partial charge on any atom is -0.467 e. The molecule has 1 saturated carbocycles. The van der Waals surface area contributed by atoms with Crippen LogP contribution in [0, 0.1) is 0 Å².